The highest BCUT2D eigenvalue weighted by Gasteiger charge is 2.31. The van der Waals surface area contributed by atoms with Gasteiger partial charge in [0.15, 0.2) is 11.5 Å². The number of carbonyl (C=O) groups excluding carboxylic acids is 1. The Morgan fingerprint density at radius 2 is 2.15 bits per heavy atom. The van der Waals surface area contributed by atoms with E-state index >= 15 is 0 Å². The van der Waals surface area contributed by atoms with Gasteiger partial charge in [0.05, 0.1) is 19.1 Å². The van der Waals surface area contributed by atoms with E-state index in [1.54, 1.807) is 0 Å². The predicted octanol–water partition coefficient (Wildman–Crippen LogP) is 2.19. The lowest BCUT2D eigenvalue weighted by atomic mass is 9.88. The van der Waals surface area contributed by atoms with Gasteiger partial charge in [-0.2, -0.15) is 0 Å². The molecule has 1 aliphatic heterocycles. The average molecular weight is 279 g/mol. The molecule has 0 radical (unpaired) electrons. The number of esters is 1. The molecule has 0 amide bonds. The predicted molar refractivity (Wildman–Crippen MR) is 74.8 cm³/mol. The van der Waals surface area contributed by atoms with Crippen LogP contribution in [0.2, 0.25) is 0 Å². The van der Waals surface area contributed by atoms with Gasteiger partial charge in [-0.25, -0.2) is 0 Å². The van der Waals surface area contributed by atoms with Crippen molar-refractivity contribution in [2.45, 2.75) is 32.2 Å². The van der Waals surface area contributed by atoms with Gasteiger partial charge in [0, 0.05) is 0 Å². The van der Waals surface area contributed by atoms with Crippen LogP contribution >= 0.6 is 0 Å². The average Bonchev–Trinajstić information content (AvgIpc) is 2.92. The number of hydrogen-bond acceptors (Lipinski definition) is 5. The highest BCUT2D eigenvalue weighted by Crippen LogP contribution is 2.36. The summed E-state index contributed by atoms with van der Waals surface area (Å²) in [5.74, 6) is 1.22. The van der Waals surface area contributed by atoms with Crippen molar-refractivity contribution in [2.24, 2.45) is 0 Å². The first-order chi connectivity index (χ1) is 9.59. The van der Waals surface area contributed by atoms with Crippen molar-refractivity contribution < 1.29 is 19.0 Å². The lowest BCUT2D eigenvalue weighted by molar-refractivity contribution is -0.142. The second-order valence-electron chi connectivity index (χ2n) is 5.08. The van der Waals surface area contributed by atoms with E-state index in [2.05, 4.69) is 12.2 Å². The molecule has 2 rings (SSSR count). The molecule has 20 heavy (non-hydrogen) atoms. The van der Waals surface area contributed by atoms with Gasteiger partial charge in [0.1, 0.15) is 0 Å². The number of benzene rings is 1. The maximum Gasteiger partial charge on any atom is 0.307 e. The zero-order valence-corrected chi connectivity index (χ0v) is 12.2. The van der Waals surface area contributed by atoms with Crippen molar-refractivity contribution in [3.63, 3.8) is 0 Å². The summed E-state index contributed by atoms with van der Waals surface area (Å²) in [5.41, 5.74) is 0.505. The summed E-state index contributed by atoms with van der Waals surface area (Å²) in [4.78, 5) is 11.7. The number of carbonyl (C=O) groups is 1. The van der Waals surface area contributed by atoms with Crippen LogP contribution in [0.15, 0.2) is 18.2 Å². The van der Waals surface area contributed by atoms with Gasteiger partial charge in [-0.05, 0) is 37.6 Å². The number of rotatable bonds is 6. The van der Waals surface area contributed by atoms with Gasteiger partial charge in [0.2, 0.25) is 6.79 Å². The third-order valence-electron chi connectivity index (χ3n) is 3.50. The van der Waals surface area contributed by atoms with Crippen LogP contribution < -0.4 is 14.8 Å². The van der Waals surface area contributed by atoms with Gasteiger partial charge in [-0.3, -0.25) is 4.79 Å². The summed E-state index contributed by atoms with van der Waals surface area (Å²) in [6, 6.07) is 5.76. The van der Waals surface area contributed by atoms with Gasteiger partial charge in [-0.1, -0.05) is 13.0 Å². The standard InChI is InChI=1S/C15H21NO4/c1-4-7-16-15(2,9-14(17)18-3)11-5-6-12-13(8-11)20-10-19-12/h5-6,8,16H,4,7,9-10H2,1-3H3. The summed E-state index contributed by atoms with van der Waals surface area (Å²) in [7, 11) is 1.40. The molecular formula is C15H21NO4. The van der Waals surface area contributed by atoms with Crippen molar-refractivity contribution in [1.29, 1.82) is 0 Å². The van der Waals surface area contributed by atoms with Crippen molar-refractivity contribution in [1.82, 2.24) is 5.32 Å². The molecule has 5 nitrogen and oxygen atoms in total. The number of ether oxygens (including phenoxy) is 3. The summed E-state index contributed by atoms with van der Waals surface area (Å²) < 4.78 is 15.5. The van der Waals surface area contributed by atoms with Crippen LogP contribution in [-0.4, -0.2) is 26.4 Å². The van der Waals surface area contributed by atoms with Crippen molar-refractivity contribution in [2.75, 3.05) is 20.4 Å². The molecule has 5 heteroatoms. The van der Waals surface area contributed by atoms with Crippen molar-refractivity contribution in [3.8, 4) is 11.5 Å². The Kier molecular flexibility index (Phi) is 4.49. The monoisotopic (exact) mass is 279 g/mol. The first kappa shape index (κ1) is 14.7. The van der Waals surface area contributed by atoms with Crippen molar-refractivity contribution in [3.05, 3.63) is 23.8 Å². The normalized spacial score (nSPS) is 15.8. The van der Waals surface area contributed by atoms with Crippen molar-refractivity contribution >= 4 is 5.97 Å². The molecule has 110 valence electrons. The SMILES string of the molecule is CCCNC(C)(CC(=O)OC)c1ccc2c(c1)OCO2. The molecule has 1 unspecified atom stereocenters. The third kappa shape index (κ3) is 3.04. The molecule has 0 saturated carbocycles. The molecule has 1 N–H and O–H groups in total. The Balaban J connectivity index is 2.27. The van der Waals surface area contributed by atoms with Gasteiger partial charge < -0.3 is 19.5 Å². The minimum absolute atomic E-state index is 0.242. The highest BCUT2D eigenvalue weighted by atomic mass is 16.7. The molecule has 1 aliphatic rings. The fourth-order valence-electron chi connectivity index (χ4n) is 2.27. The molecule has 0 saturated heterocycles. The quantitative estimate of drug-likeness (QED) is 0.809. The third-order valence-corrected chi connectivity index (χ3v) is 3.50. The molecule has 0 bridgehead atoms. The van der Waals surface area contributed by atoms with E-state index in [-0.39, 0.29) is 19.2 Å². The van der Waals surface area contributed by atoms with Crippen LogP contribution in [0, 0.1) is 0 Å². The van der Waals surface area contributed by atoms with E-state index in [1.165, 1.54) is 7.11 Å². The molecule has 0 aromatic heterocycles. The fourth-order valence-corrected chi connectivity index (χ4v) is 2.27. The summed E-state index contributed by atoms with van der Waals surface area (Å²) in [5, 5.41) is 3.42. The summed E-state index contributed by atoms with van der Waals surface area (Å²) >= 11 is 0. The van der Waals surface area contributed by atoms with Gasteiger partial charge in [-0.15, -0.1) is 0 Å². The van der Waals surface area contributed by atoms with Crippen LogP contribution in [0.25, 0.3) is 0 Å². The van der Waals surface area contributed by atoms with E-state index in [9.17, 15) is 4.79 Å². The number of nitrogens with one attached hydrogen (secondary N) is 1. The topological polar surface area (TPSA) is 56.8 Å². The second-order valence-corrected chi connectivity index (χ2v) is 5.08. The lowest BCUT2D eigenvalue weighted by Crippen LogP contribution is -2.42. The Morgan fingerprint density at radius 1 is 1.40 bits per heavy atom. The van der Waals surface area contributed by atoms with E-state index in [1.807, 2.05) is 25.1 Å². The Morgan fingerprint density at radius 3 is 2.85 bits per heavy atom. The minimum Gasteiger partial charge on any atom is -0.469 e. The molecule has 1 atom stereocenters. The molecular weight excluding hydrogens is 258 g/mol. The Hall–Kier alpha value is -1.75. The molecule has 0 fully saturated rings. The van der Waals surface area contributed by atoms with Crippen LogP contribution in [0.1, 0.15) is 32.3 Å². The number of hydrogen-bond donors (Lipinski definition) is 1. The minimum atomic E-state index is -0.482. The van der Waals surface area contributed by atoms with E-state index in [0.29, 0.717) is 0 Å². The van der Waals surface area contributed by atoms with Crippen LogP contribution in [-0.2, 0) is 15.1 Å². The van der Waals surface area contributed by atoms with Gasteiger partial charge >= 0.3 is 5.97 Å². The van der Waals surface area contributed by atoms with E-state index in [0.717, 1.165) is 30.0 Å². The molecule has 1 heterocycles. The van der Waals surface area contributed by atoms with Crippen LogP contribution in [0.3, 0.4) is 0 Å². The Labute approximate surface area is 119 Å². The first-order valence-corrected chi connectivity index (χ1v) is 6.81. The van der Waals surface area contributed by atoms with E-state index < -0.39 is 5.54 Å². The summed E-state index contributed by atoms with van der Waals surface area (Å²) in [6.45, 7) is 5.15. The smallest absolute Gasteiger partial charge is 0.307 e. The molecule has 1 aromatic rings. The maximum absolute atomic E-state index is 11.7. The van der Waals surface area contributed by atoms with E-state index in [4.69, 9.17) is 14.2 Å². The largest absolute Gasteiger partial charge is 0.469 e. The zero-order valence-electron chi connectivity index (χ0n) is 12.2. The highest BCUT2D eigenvalue weighted by molar-refractivity contribution is 5.71. The summed E-state index contributed by atoms with van der Waals surface area (Å²) in [6.07, 6.45) is 1.25. The second kappa shape index (κ2) is 6.13. The molecule has 0 aliphatic carbocycles. The number of fused-ring (bicyclic) bond motifs is 1. The maximum atomic E-state index is 11.7. The molecule has 1 aromatic carbocycles. The fraction of sp³-hybridized carbons (Fsp3) is 0.533. The first-order valence-electron chi connectivity index (χ1n) is 6.81. The van der Waals surface area contributed by atoms with Crippen LogP contribution in [0.5, 0.6) is 11.5 Å². The number of methoxy groups -OCH3 is 1. The lowest BCUT2D eigenvalue weighted by Gasteiger charge is -2.30. The zero-order chi connectivity index (χ0) is 14.6. The van der Waals surface area contributed by atoms with Gasteiger partial charge in [0.25, 0.3) is 0 Å². The Bertz CT molecular complexity index is 489. The van der Waals surface area contributed by atoms with Crippen LogP contribution in [0.4, 0.5) is 0 Å². The molecule has 0 spiro atoms.